The molecule has 0 amide bonds. The lowest BCUT2D eigenvalue weighted by molar-refractivity contribution is 0.141. The molecule has 1 aromatic rings. The lowest BCUT2D eigenvalue weighted by atomic mass is 10.0. The second-order valence-corrected chi connectivity index (χ2v) is 5.62. The molecule has 3 nitrogen and oxygen atoms in total. The molecule has 1 aromatic carbocycles. The first-order valence-electron chi connectivity index (χ1n) is 7.34. The van der Waals surface area contributed by atoms with Crippen molar-refractivity contribution in [2.45, 2.75) is 39.2 Å². The summed E-state index contributed by atoms with van der Waals surface area (Å²) in [5.74, 6) is 0.880. The van der Waals surface area contributed by atoms with Gasteiger partial charge in [0.05, 0.1) is 11.6 Å². The van der Waals surface area contributed by atoms with Crippen molar-refractivity contribution in [2.24, 2.45) is 0 Å². The smallest absolute Gasteiger partial charge is 0.133 e. The summed E-state index contributed by atoms with van der Waals surface area (Å²) in [6, 6.07) is 6.80. The van der Waals surface area contributed by atoms with Gasteiger partial charge < -0.3 is 14.8 Å². The van der Waals surface area contributed by atoms with Crippen molar-refractivity contribution in [1.29, 1.82) is 0 Å². The van der Waals surface area contributed by atoms with E-state index in [0.29, 0.717) is 6.04 Å². The normalized spacial score (nSPS) is 12.4. The molecule has 0 saturated carbocycles. The first-order chi connectivity index (χ1) is 9.71. The highest BCUT2D eigenvalue weighted by Gasteiger charge is 2.10. The molecule has 1 unspecified atom stereocenters. The Balaban J connectivity index is 2.53. The van der Waals surface area contributed by atoms with Gasteiger partial charge in [0.2, 0.25) is 0 Å². The first-order valence-corrected chi connectivity index (χ1v) is 8.14. The van der Waals surface area contributed by atoms with Crippen molar-refractivity contribution in [3.8, 4) is 5.75 Å². The molecule has 1 rings (SSSR count). The molecule has 0 aromatic heterocycles. The van der Waals surface area contributed by atoms with Crippen LogP contribution < -0.4 is 10.1 Å². The quantitative estimate of drug-likeness (QED) is 0.655. The second kappa shape index (κ2) is 10.2. The van der Waals surface area contributed by atoms with E-state index >= 15 is 0 Å². The van der Waals surface area contributed by atoms with Crippen LogP contribution >= 0.6 is 15.9 Å². The summed E-state index contributed by atoms with van der Waals surface area (Å²) < 4.78 is 11.7. The van der Waals surface area contributed by atoms with E-state index in [1.807, 2.05) is 13.0 Å². The number of rotatable bonds is 10. The summed E-state index contributed by atoms with van der Waals surface area (Å²) in [7, 11) is 1.69. The van der Waals surface area contributed by atoms with Gasteiger partial charge in [-0.2, -0.15) is 0 Å². The number of hydrogen-bond donors (Lipinski definition) is 1. The minimum atomic E-state index is 0.501. The topological polar surface area (TPSA) is 30.5 Å². The van der Waals surface area contributed by atoms with Gasteiger partial charge in [0, 0.05) is 19.3 Å². The van der Waals surface area contributed by atoms with Gasteiger partial charge in [0.15, 0.2) is 0 Å². The molecule has 0 saturated heterocycles. The van der Waals surface area contributed by atoms with Crippen LogP contribution in [0.5, 0.6) is 5.75 Å². The third-order valence-electron chi connectivity index (χ3n) is 3.24. The zero-order valence-electron chi connectivity index (χ0n) is 12.7. The fourth-order valence-electron chi connectivity index (χ4n) is 2.26. The Labute approximate surface area is 131 Å². The number of benzene rings is 1. The minimum Gasteiger partial charge on any atom is -0.496 e. The molecule has 0 radical (unpaired) electrons. The molecule has 0 heterocycles. The minimum absolute atomic E-state index is 0.501. The fraction of sp³-hybridized carbons (Fsp3) is 0.625. The summed E-state index contributed by atoms with van der Waals surface area (Å²) in [5.41, 5.74) is 1.32. The lowest BCUT2D eigenvalue weighted by Crippen LogP contribution is -2.31. The number of hydrogen-bond acceptors (Lipinski definition) is 3. The second-order valence-electron chi connectivity index (χ2n) is 4.77. The van der Waals surface area contributed by atoms with Gasteiger partial charge in [-0.25, -0.2) is 0 Å². The summed E-state index contributed by atoms with van der Waals surface area (Å²) in [6.07, 6.45) is 3.27. The Hall–Kier alpha value is -0.580. The maximum absolute atomic E-state index is 5.41. The van der Waals surface area contributed by atoms with Crippen molar-refractivity contribution in [2.75, 3.05) is 26.9 Å². The molecule has 1 N–H and O–H groups in total. The highest BCUT2D eigenvalue weighted by molar-refractivity contribution is 9.10. The summed E-state index contributed by atoms with van der Waals surface area (Å²) in [6.45, 7) is 6.84. The van der Waals surface area contributed by atoms with Crippen LogP contribution in [0.2, 0.25) is 0 Å². The van der Waals surface area contributed by atoms with Gasteiger partial charge >= 0.3 is 0 Å². The van der Waals surface area contributed by atoms with Gasteiger partial charge in [-0.1, -0.05) is 13.0 Å². The molecular weight excluding hydrogens is 318 g/mol. The van der Waals surface area contributed by atoms with E-state index < -0.39 is 0 Å². The van der Waals surface area contributed by atoms with Crippen LogP contribution in [-0.4, -0.2) is 32.9 Å². The van der Waals surface area contributed by atoms with Crippen LogP contribution in [0.15, 0.2) is 22.7 Å². The third-order valence-corrected chi connectivity index (χ3v) is 3.86. The molecule has 0 fully saturated rings. The number of methoxy groups -OCH3 is 1. The predicted octanol–water partition coefficient (Wildman–Crippen LogP) is 3.80. The average molecular weight is 344 g/mol. The fourth-order valence-corrected chi connectivity index (χ4v) is 2.85. The van der Waals surface area contributed by atoms with E-state index in [1.54, 1.807) is 7.11 Å². The van der Waals surface area contributed by atoms with E-state index in [-0.39, 0.29) is 0 Å². The molecule has 4 heteroatoms. The van der Waals surface area contributed by atoms with Crippen LogP contribution in [-0.2, 0) is 11.2 Å². The summed E-state index contributed by atoms with van der Waals surface area (Å²) in [5, 5.41) is 3.55. The molecule has 114 valence electrons. The molecule has 0 aliphatic carbocycles. The average Bonchev–Trinajstić information content (AvgIpc) is 2.44. The number of ether oxygens (including phenoxy) is 2. The Morgan fingerprint density at radius 2 is 2.10 bits per heavy atom. The van der Waals surface area contributed by atoms with Crippen LogP contribution in [0.4, 0.5) is 0 Å². The van der Waals surface area contributed by atoms with Crippen molar-refractivity contribution in [3.63, 3.8) is 0 Å². The largest absolute Gasteiger partial charge is 0.496 e. The number of nitrogens with one attached hydrogen (secondary N) is 1. The number of halogens is 1. The van der Waals surface area contributed by atoms with Crippen LogP contribution in [0.1, 0.15) is 32.3 Å². The zero-order chi connectivity index (χ0) is 14.8. The third kappa shape index (κ3) is 6.25. The monoisotopic (exact) mass is 343 g/mol. The van der Waals surface area contributed by atoms with Gasteiger partial charge in [-0.15, -0.1) is 0 Å². The van der Waals surface area contributed by atoms with E-state index in [2.05, 4.69) is 40.3 Å². The summed E-state index contributed by atoms with van der Waals surface area (Å²) in [4.78, 5) is 0. The standard InChI is InChI=1S/C16H26BrNO2/c1-4-18-14(7-6-10-20-5-2)11-13-8-9-16(19-3)15(17)12-13/h8-9,12,14,18H,4-7,10-11H2,1-3H3. The van der Waals surface area contributed by atoms with Crippen molar-refractivity contribution in [1.82, 2.24) is 5.32 Å². The molecular formula is C16H26BrNO2. The molecule has 0 bridgehead atoms. The van der Waals surface area contributed by atoms with Gasteiger partial charge in [0.25, 0.3) is 0 Å². The molecule has 1 atom stereocenters. The lowest BCUT2D eigenvalue weighted by Gasteiger charge is -2.18. The van der Waals surface area contributed by atoms with Gasteiger partial charge in [-0.3, -0.25) is 0 Å². The Kier molecular flexibility index (Phi) is 8.90. The van der Waals surface area contributed by atoms with Crippen LogP contribution in [0.25, 0.3) is 0 Å². The highest BCUT2D eigenvalue weighted by Crippen LogP contribution is 2.26. The van der Waals surface area contributed by atoms with E-state index in [4.69, 9.17) is 9.47 Å². The van der Waals surface area contributed by atoms with Gasteiger partial charge in [-0.05, 0) is 66.4 Å². The molecule has 0 aliphatic heterocycles. The van der Waals surface area contributed by atoms with E-state index in [0.717, 1.165) is 49.2 Å². The Bertz CT molecular complexity index is 385. The Morgan fingerprint density at radius 3 is 2.70 bits per heavy atom. The van der Waals surface area contributed by atoms with Crippen LogP contribution in [0, 0.1) is 0 Å². The maximum atomic E-state index is 5.41. The zero-order valence-corrected chi connectivity index (χ0v) is 14.3. The highest BCUT2D eigenvalue weighted by atomic mass is 79.9. The van der Waals surface area contributed by atoms with E-state index in [9.17, 15) is 0 Å². The first kappa shape index (κ1) is 17.5. The van der Waals surface area contributed by atoms with Crippen molar-refractivity contribution < 1.29 is 9.47 Å². The van der Waals surface area contributed by atoms with Crippen molar-refractivity contribution in [3.05, 3.63) is 28.2 Å². The predicted molar refractivity (Wildman–Crippen MR) is 87.6 cm³/mol. The summed E-state index contributed by atoms with van der Waals surface area (Å²) >= 11 is 3.54. The van der Waals surface area contributed by atoms with Gasteiger partial charge in [0.1, 0.15) is 5.75 Å². The number of likely N-dealkylation sites (N-methyl/N-ethyl adjacent to an activating group) is 1. The molecule has 0 spiro atoms. The SMILES string of the molecule is CCNC(CCCOCC)Cc1ccc(OC)c(Br)c1. The Morgan fingerprint density at radius 1 is 1.30 bits per heavy atom. The van der Waals surface area contributed by atoms with Crippen molar-refractivity contribution >= 4 is 15.9 Å². The van der Waals surface area contributed by atoms with E-state index in [1.165, 1.54) is 5.56 Å². The molecule has 20 heavy (non-hydrogen) atoms. The van der Waals surface area contributed by atoms with Crippen LogP contribution in [0.3, 0.4) is 0 Å². The maximum Gasteiger partial charge on any atom is 0.133 e. The molecule has 0 aliphatic rings.